The standard InChI is InChI=1S/C21H18ClFN6O2/c22-16-2-1-3-17(23)18(16)28-15-5-4-14(26-11-15)10-27-20(31)21(6-7-21)29-19(30)13-8-24-12-25-9-13/h1-5,8-9,11-12,28H,6-7,10H2,(H,27,31)(H,29,30). The molecule has 3 N–H and O–H groups in total. The van der Waals surface area contributed by atoms with Crippen LogP contribution in [0.4, 0.5) is 15.8 Å². The topological polar surface area (TPSA) is 109 Å². The molecule has 1 aliphatic carbocycles. The van der Waals surface area contributed by atoms with E-state index < -0.39 is 17.3 Å². The Labute approximate surface area is 182 Å². The number of benzene rings is 1. The van der Waals surface area contributed by atoms with Gasteiger partial charge in [-0.25, -0.2) is 14.4 Å². The lowest BCUT2D eigenvalue weighted by atomic mass is 10.2. The second-order valence-corrected chi connectivity index (χ2v) is 7.51. The minimum Gasteiger partial charge on any atom is -0.351 e. The van der Waals surface area contributed by atoms with Crippen molar-refractivity contribution in [3.8, 4) is 0 Å². The van der Waals surface area contributed by atoms with E-state index in [0.717, 1.165) is 0 Å². The van der Waals surface area contributed by atoms with Crippen LogP contribution in [0.2, 0.25) is 5.02 Å². The summed E-state index contributed by atoms with van der Waals surface area (Å²) in [5.41, 5.74) is 0.703. The maximum absolute atomic E-state index is 13.9. The Kier molecular flexibility index (Phi) is 5.77. The zero-order valence-corrected chi connectivity index (χ0v) is 17.0. The van der Waals surface area contributed by atoms with Crippen LogP contribution in [-0.4, -0.2) is 32.3 Å². The molecule has 0 atom stereocenters. The summed E-state index contributed by atoms with van der Waals surface area (Å²) in [6.07, 6.45) is 6.74. The van der Waals surface area contributed by atoms with Gasteiger partial charge in [0.15, 0.2) is 0 Å². The molecular weight excluding hydrogens is 423 g/mol. The molecule has 1 aromatic carbocycles. The molecule has 0 spiro atoms. The Hall–Kier alpha value is -3.59. The van der Waals surface area contributed by atoms with Crippen molar-refractivity contribution in [2.24, 2.45) is 0 Å². The molecule has 2 amide bonds. The summed E-state index contributed by atoms with van der Waals surface area (Å²) in [7, 11) is 0. The first-order valence-electron chi connectivity index (χ1n) is 9.49. The van der Waals surface area contributed by atoms with Crippen LogP contribution in [0.3, 0.4) is 0 Å². The monoisotopic (exact) mass is 440 g/mol. The molecule has 1 aliphatic rings. The number of aromatic nitrogens is 3. The summed E-state index contributed by atoms with van der Waals surface area (Å²) in [4.78, 5) is 36.8. The highest BCUT2D eigenvalue weighted by Gasteiger charge is 2.51. The number of carbonyl (C=O) groups is 2. The van der Waals surface area contributed by atoms with E-state index in [1.165, 1.54) is 37.1 Å². The smallest absolute Gasteiger partial charge is 0.255 e. The van der Waals surface area contributed by atoms with Gasteiger partial charge in [-0.3, -0.25) is 14.6 Å². The number of halogens is 2. The second-order valence-electron chi connectivity index (χ2n) is 7.11. The molecule has 0 unspecified atom stereocenters. The minimum atomic E-state index is -0.921. The summed E-state index contributed by atoms with van der Waals surface area (Å²) >= 11 is 6.01. The average Bonchev–Trinajstić information content (AvgIpc) is 3.57. The Morgan fingerprint density at radius 2 is 1.87 bits per heavy atom. The molecule has 31 heavy (non-hydrogen) atoms. The number of nitrogens with one attached hydrogen (secondary N) is 3. The number of amides is 2. The molecule has 0 saturated heterocycles. The van der Waals surface area contributed by atoms with Gasteiger partial charge in [-0.05, 0) is 37.1 Å². The number of hydrogen-bond donors (Lipinski definition) is 3. The molecular formula is C21H18ClFN6O2. The molecule has 2 heterocycles. The van der Waals surface area contributed by atoms with E-state index in [1.807, 2.05) is 0 Å². The highest BCUT2D eigenvalue weighted by Crippen LogP contribution is 2.36. The lowest BCUT2D eigenvalue weighted by Gasteiger charge is -2.17. The average molecular weight is 441 g/mol. The van der Waals surface area contributed by atoms with Crippen molar-refractivity contribution in [3.05, 3.63) is 77.3 Å². The molecule has 2 aromatic heterocycles. The summed E-state index contributed by atoms with van der Waals surface area (Å²) in [5, 5.41) is 8.70. The van der Waals surface area contributed by atoms with Crippen LogP contribution in [0, 0.1) is 5.82 Å². The second kappa shape index (κ2) is 8.65. The van der Waals surface area contributed by atoms with Crippen molar-refractivity contribution >= 4 is 34.8 Å². The van der Waals surface area contributed by atoms with Gasteiger partial charge in [0.2, 0.25) is 5.91 Å². The molecule has 1 saturated carbocycles. The molecule has 0 radical (unpaired) electrons. The predicted octanol–water partition coefficient (Wildman–Crippen LogP) is 2.99. The van der Waals surface area contributed by atoms with E-state index >= 15 is 0 Å². The zero-order chi connectivity index (χ0) is 21.8. The maximum Gasteiger partial charge on any atom is 0.255 e. The van der Waals surface area contributed by atoms with E-state index in [4.69, 9.17) is 11.6 Å². The maximum atomic E-state index is 13.9. The van der Waals surface area contributed by atoms with Crippen molar-refractivity contribution in [1.82, 2.24) is 25.6 Å². The SMILES string of the molecule is O=C(NC1(C(=O)NCc2ccc(Nc3c(F)cccc3Cl)cn2)CC1)c1cncnc1. The quantitative estimate of drug-likeness (QED) is 0.521. The Balaban J connectivity index is 1.33. The molecule has 4 rings (SSSR count). The lowest BCUT2D eigenvalue weighted by Crippen LogP contribution is -2.48. The van der Waals surface area contributed by atoms with Crippen LogP contribution in [0.5, 0.6) is 0 Å². The van der Waals surface area contributed by atoms with Gasteiger partial charge < -0.3 is 16.0 Å². The third kappa shape index (κ3) is 4.77. The number of pyridine rings is 1. The fraction of sp³-hybridized carbons (Fsp3) is 0.190. The van der Waals surface area contributed by atoms with Crippen LogP contribution < -0.4 is 16.0 Å². The molecule has 0 bridgehead atoms. The van der Waals surface area contributed by atoms with E-state index in [0.29, 0.717) is 29.8 Å². The highest BCUT2D eigenvalue weighted by molar-refractivity contribution is 6.33. The van der Waals surface area contributed by atoms with Gasteiger partial charge in [0.25, 0.3) is 5.91 Å². The van der Waals surface area contributed by atoms with Crippen molar-refractivity contribution < 1.29 is 14.0 Å². The first-order valence-corrected chi connectivity index (χ1v) is 9.86. The normalized spacial score (nSPS) is 13.9. The highest BCUT2D eigenvalue weighted by atomic mass is 35.5. The van der Waals surface area contributed by atoms with Gasteiger partial charge in [-0.2, -0.15) is 0 Å². The minimum absolute atomic E-state index is 0.169. The molecule has 10 heteroatoms. The third-order valence-corrected chi connectivity index (χ3v) is 5.16. The zero-order valence-electron chi connectivity index (χ0n) is 16.2. The number of anilines is 2. The molecule has 8 nitrogen and oxygen atoms in total. The number of rotatable bonds is 7. The first-order chi connectivity index (χ1) is 15.0. The van der Waals surface area contributed by atoms with E-state index in [1.54, 1.807) is 18.2 Å². The van der Waals surface area contributed by atoms with Gasteiger partial charge in [0, 0.05) is 12.4 Å². The van der Waals surface area contributed by atoms with E-state index in [9.17, 15) is 14.0 Å². The molecule has 3 aromatic rings. The van der Waals surface area contributed by atoms with Gasteiger partial charge in [-0.15, -0.1) is 0 Å². The van der Waals surface area contributed by atoms with Gasteiger partial charge in [-0.1, -0.05) is 17.7 Å². The van der Waals surface area contributed by atoms with Crippen LogP contribution >= 0.6 is 11.6 Å². The Morgan fingerprint density at radius 3 is 2.52 bits per heavy atom. The summed E-state index contributed by atoms with van der Waals surface area (Å²) in [6, 6.07) is 7.83. The fourth-order valence-corrected chi connectivity index (χ4v) is 3.15. The van der Waals surface area contributed by atoms with E-state index in [2.05, 4.69) is 30.9 Å². The van der Waals surface area contributed by atoms with Gasteiger partial charge in [0.1, 0.15) is 17.7 Å². The number of para-hydroxylation sites is 1. The molecule has 1 fully saturated rings. The van der Waals surface area contributed by atoms with E-state index in [-0.39, 0.29) is 23.2 Å². The van der Waals surface area contributed by atoms with Crippen LogP contribution in [0.1, 0.15) is 28.9 Å². The number of carbonyl (C=O) groups excluding carboxylic acids is 2. The van der Waals surface area contributed by atoms with Crippen molar-refractivity contribution in [2.75, 3.05) is 5.32 Å². The molecule has 158 valence electrons. The Morgan fingerprint density at radius 1 is 1.10 bits per heavy atom. The number of hydrogen-bond acceptors (Lipinski definition) is 6. The van der Waals surface area contributed by atoms with Gasteiger partial charge in [0.05, 0.1) is 40.4 Å². The van der Waals surface area contributed by atoms with Crippen molar-refractivity contribution in [2.45, 2.75) is 24.9 Å². The lowest BCUT2D eigenvalue weighted by molar-refractivity contribution is -0.124. The predicted molar refractivity (Wildman–Crippen MR) is 112 cm³/mol. The first kappa shape index (κ1) is 20.7. The largest absolute Gasteiger partial charge is 0.351 e. The van der Waals surface area contributed by atoms with Crippen LogP contribution in [0.15, 0.2) is 55.2 Å². The summed E-state index contributed by atoms with van der Waals surface area (Å²) in [6.45, 7) is 0.186. The van der Waals surface area contributed by atoms with Crippen molar-refractivity contribution in [3.63, 3.8) is 0 Å². The number of nitrogens with zero attached hydrogens (tertiary/aromatic N) is 3. The van der Waals surface area contributed by atoms with Gasteiger partial charge >= 0.3 is 0 Å². The third-order valence-electron chi connectivity index (χ3n) is 4.85. The van der Waals surface area contributed by atoms with Crippen molar-refractivity contribution in [1.29, 1.82) is 0 Å². The van der Waals surface area contributed by atoms with Crippen LogP contribution in [0.25, 0.3) is 0 Å². The molecule has 0 aliphatic heterocycles. The summed E-state index contributed by atoms with van der Waals surface area (Å²) in [5.74, 6) is -1.14. The summed E-state index contributed by atoms with van der Waals surface area (Å²) < 4.78 is 13.9. The Bertz CT molecular complexity index is 1090. The van der Waals surface area contributed by atoms with Crippen LogP contribution in [-0.2, 0) is 11.3 Å². The fourth-order valence-electron chi connectivity index (χ4n) is 2.94.